The number of carbonyl (C=O) groups excluding carboxylic acids is 2. The van der Waals surface area contributed by atoms with E-state index in [1.54, 1.807) is 24.3 Å². The lowest BCUT2D eigenvalue weighted by Crippen LogP contribution is -2.14. The van der Waals surface area contributed by atoms with Crippen LogP contribution in [0.25, 0.3) is 0 Å². The highest BCUT2D eigenvalue weighted by Gasteiger charge is 1.97. The third-order valence-electron chi connectivity index (χ3n) is 2.39. The lowest BCUT2D eigenvalue weighted by Gasteiger charge is -2.06. The first-order chi connectivity index (χ1) is 11.7. The van der Waals surface area contributed by atoms with Crippen molar-refractivity contribution in [1.82, 2.24) is 0 Å². The molecule has 0 atom stereocenters. The molecule has 0 aromatic carbocycles. The normalized spacial score (nSPS) is 11.9. The van der Waals surface area contributed by atoms with Crippen molar-refractivity contribution in [2.75, 3.05) is 39.6 Å². The van der Waals surface area contributed by atoms with E-state index in [4.69, 9.17) is 18.9 Å². The maximum Gasteiger partial charge on any atom is 0.330 e. The lowest BCUT2D eigenvalue weighted by atomic mass is 10.4. The van der Waals surface area contributed by atoms with Gasteiger partial charge in [-0.25, -0.2) is 9.59 Å². The van der Waals surface area contributed by atoms with Crippen LogP contribution in [0.1, 0.15) is 13.8 Å². The van der Waals surface area contributed by atoms with Gasteiger partial charge in [-0.15, -0.1) is 0 Å². The van der Waals surface area contributed by atoms with Crippen molar-refractivity contribution in [1.29, 1.82) is 0 Å². The van der Waals surface area contributed by atoms with Gasteiger partial charge in [0, 0.05) is 12.2 Å². The zero-order chi connectivity index (χ0) is 17.9. The Morgan fingerprint density at radius 3 is 1.38 bits per heavy atom. The van der Waals surface area contributed by atoms with E-state index in [-0.39, 0.29) is 13.2 Å². The molecular formula is C18H26O6. The van der Waals surface area contributed by atoms with Gasteiger partial charge in [-0.05, 0) is 13.8 Å². The molecule has 0 aromatic rings. The second-order valence-electron chi connectivity index (χ2n) is 4.33. The molecule has 0 spiro atoms. The molecule has 6 nitrogen and oxygen atoms in total. The minimum absolute atomic E-state index is 0.190. The molecule has 0 saturated heterocycles. The van der Waals surface area contributed by atoms with Crippen LogP contribution in [-0.4, -0.2) is 51.6 Å². The molecular weight excluding hydrogens is 312 g/mol. The van der Waals surface area contributed by atoms with Crippen molar-refractivity contribution < 1.29 is 28.5 Å². The van der Waals surface area contributed by atoms with Crippen molar-refractivity contribution >= 4 is 11.9 Å². The van der Waals surface area contributed by atoms with Crippen LogP contribution in [-0.2, 0) is 28.5 Å². The molecule has 0 N–H and O–H groups in total. The smallest absolute Gasteiger partial charge is 0.330 e. The second-order valence-corrected chi connectivity index (χ2v) is 4.33. The van der Waals surface area contributed by atoms with Gasteiger partial charge in [0.15, 0.2) is 0 Å². The number of ether oxygens (including phenoxy) is 4. The summed E-state index contributed by atoms with van der Waals surface area (Å²) in [5.74, 6) is -0.809. The summed E-state index contributed by atoms with van der Waals surface area (Å²) in [6.45, 7) is 5.46. The molecule has 0 aliphatic carbocycles. The van der Waals surface area contributed by atoms with Crippen molar-refractivity contribution in [3.05, 3.63) is 48.6 Å². The van der Waals surface area contributed by atoms with Crippen LogP contribution in [0.4, 0.5) is 0 Å². The Kier molecular flexibility index (Phi) is 15.6. The van der Waals surface area contributed by atoms with E-state index in [2.05, 4.69) is 0 Å². The summed E-state index contributed by atoms with van der Waals surface area (Å²) in [6, 6.07) is 0. The van der Waals surface area contributed by atoms with Gasteiger partial charge in [0.05, 0.1) is 26.4 Å². The average molecular weight is 338 g/mol. The molecule has 0 aromatic heterocycles. The Bertz CT molecular complexity index is 406. The summed E-state index contributed by atoms with van der Waals surface area (Å²) in [7, 11) is 0. The molecule has 0 saturated carbocycles. The Balaban J connectivity index is 3.37. The summed E-state index contributed by atoms with van der Waals surface area (Å²) in [4.78, 5) is 22.4. The number of esters is 2. The van der Waals surface area contributed by atoms with E-state index in [1.165, 1.54) is 12.2 Å². The van der Waals surface area contributed by atoms with Crippen molar-refractivity contribution in [3.8, 4) is 0 Å². The average Bonchev–Trinajstić information content (AvgIpc) is 2.57. The fourth-order valence-corrected chi connectivity index (χ4v) is 1.31. The number of allylic oxidation sites excluding steroid dienone is 6. The number of rotatable bonds is 13. The van der Waals surface area contributed by atoms with Gasteiger partial charge in [0.1, 0.15) is 13.2 Å². The summed E-state index contributed by atoms with van der Waals surface area (Å²) in [6.07, 6.45) is 13.0. The Morgan fingerprint density at radius 2 is 1.00 bits per heavy atom. The summed E-state index contributed by atoms with van der Waals surface area (Å²) in [5, 5.41) is 0. The van der Waals surface area contributed by atoms with Crippen LogP contribution >= 0.6 is 0 Å². The van der Waals surface area contributed by atoms with Crippen molar-refractivity contribution in [2.24, 2.45) is 0 Å². The fourth-order valence-electron chi connectivity index (χ4n) is 1.31. The van der Waals surface area contributed by atoms with Gasteiger partial charge in [0.2, 0.25) is 0 Å². The van der Waals surface area contributed by atoms with Crippen LogP contribution in [0.5, 0.6) is 0 Å². The third-order valence-corrected chi connectivity index (χ3v) is 2.39. The quantitative estimate of drug-likeness (QED) is 0.222. The van der Waals surface area contributed by atoms with Gasteiger partial charge in [-0.3, -0.25) is 0 Å². The van der Waals surface area contributed by atoms with Gasteiger partial charge in [-0.2, -0.15) is 0 Å². The molecule has 134 valence electrons. The lowest BCUT2D eigenvalue weighted by molar-refractivity contribution is -0.141. The molecule has 0 amide bonds. The first-order valence-corrected chi connectivity index (χ1v) is 7.78. The highest BCUT2D eigenvalue weighted by atomic mass is 16.6. The Labute approximate surface area is 143 Å². The van der Waals surface area contributed by atoms with E-state index < -0.39 is 11.9 Å². The number of hydrogen-bond donors (Lipinski definition) is 0. The molecule has 0 aliphatic heterocycles. The van der Waals surface area contributed by atoms with Crippen LogP contribution < -0.4 is 0 Å². The van der Waals surface area contributed by atoms with Crippen LogP contribution in [0, 0.1) is 0 Å². The minimum Gasteiger partial charge on any atom is -0.460 e. The maximum atomic E-state index is 11.2. The van der Waals surface area contributed by atoms with Crippen LogP contribution in [0.3, 0.4) is 0 Å². The molecule has 6 heteroatoms. The second kappa shape index (κ2) is 17.2. The monoisotopic (exact) mass is 338 g/mol. The number of hydrogen-bond acceptors (Lipinski definition) is 6. The molecule has 0 rings (SSSR count). The third kappa shape index (κ3) is 16.2. The zero-order valence-corrected chi connectivity index (χ0v) is 14.3. The largest absolute Gasteiger partial charge is 0.460 e. The summed E-state index contributed by atoms with van der Waals surface area (Å²) >= 11 is 0. The minimum atomic E-state index is -0.404. The molecule has 0 fully saturated rings. The molecule has 24 heavy (non-hydrogen) atoms. The first-order valence-electron chi connectivity index (χ1n) is 7.78. The van der Waals surface area contributed by atoms with E-state index in [0.29, 0.717) is 26.4 Å². The Hall–Kier alpha value is -2.18. The summed E-state index contributed by atoms with van der Waals surface area (Å²) < 4.78 is 20.3. The molecule has 0 bridgehead atoms. The zero-order valence-electron chi connectivity index (χ0n) is 14.3. The van der Waals surface area contributed by atoms with E-state index in [0.717, 1.165) is 0 Å². The molecule has 0 radical (unpaired) electrons. The van der Waals surface area contributed by atoms with Gasteiger partial charge in [-0.1, -0.05) is 36.5 Å². The van der Waals surface area contributed by atoms with Crippen LogP contribution in [0.2, 0.25) is 0 Å². The SMILES string of the molecule is C/C=C/C=C/C(=O)OCCOCCOCCOC(=O)/C=C/C=C/C. The van der Waals surface area contributed by atoms with Gasteiger partial charge in [0.25, 0.3) is 0 Å². The highest BCUT2D eigenvalue weighted by molar-refractivity contribution is 5.82. The maximum absolute atomic E-state index is 11.2. The fraction of sp³-hybridized carbons (Fsp3) is 0.444. The first kappa shape index (κ1) is 21.8. The predicted octanol–water partition coefficient (Wildman–Crippen LogP) is 2.37. The van der Waals surface area contributed by atoms with Crippen molar-refractivity contribution in [3.63, 3.8) is 0 Å². The highest BCUT2D eigenvalue weighted by Crippen LogP contribution is 1.87. The Morgan fingerprint density at radius 1 is 0.625 bits per heavy atom. The summed E-state index contributed by atoms with van der Waals surface area (Å²) in [5.41, 5.74) is 0. The molecule has 0 heterocycles. The topological polar surface area (TPSA) is 71.1 Å². The van der Waals surface area contributed by atoms with Gasteiger partial charge >= 0.3 is 11.9 Å². The number of carbonyl (C=O) groups is 2. The van der Waals surface area contributed by atoms with E-state index in [9.17, 15) is 9.59 Å². The van der Waals surface area contributed by atoms with Gasteiger partial charge < -0.3 is 18.9 Å². The van der Waals surface area contributed by atoms with E-state index in [1.807, 2.05) is 26.0 Å². The van der Waals surface area contributed by atoms with Crippen LogP contribution in [0.15, 0.2) is 48.6 Å². The predicted molar refractivity (Wildman–Crippen MR) is 91.5 cm³/mol. The standard InChI is InChI=1S/C18H26O6/c1-3-5-7-9-17(19)23-15-13-21-11-12-22-14-16-24-18(20)10-8-6-4-2/h3-10H,11-16H2,1-2H3/b5-3+,6-4+,9-7+,10-8+. The van der Waals surface area contributed by atoms with Crippen molar-refractivity contribution in [2.45, 2.75) is 13.8 Å². The molecule has 0 unspecified atom stereocenters. The molecule has 0 aliphatic rings. The van der Waals surface area contributed by atoms with E-state index >= 15 is 0 Å².